The first kappa shape index (κ1) is 18.0. The van der Waals surface area contributed by atoms with Crippen LogP contribution in [0.25, 0.3) is 5.57 Å². The first-order chi connectivity index (χ1) is 11.5. The molecule has 2 rings (SSSR count). The number of imide groups is 1. The average molecular weight is 332 g/mol. The van der Waals surface area contributed by atoms with Crippen molar-refractivity contribution in [3.05, 3.63) is 29.8 Å². The molecule has 0 aromatic heterocycles. The molecule has 0 spiro atoms. The van der Waals surface area contributed by atoms with Crippen LogP contribution in [-0.4, -0.2) is 39.1 Å². The fourth-order valence-corrected chi connectivity index (χ4v) is 2.74. The van der Waals surface area contributed by atoms with Gasteiger partial charge in [0, 0.05) is 23.6 Å². The number of nitrogens with one attached hydrogen (secondary N) is 2. The number of amides is 2. The third kappa shape index (κ3) is 4.58. The molecule has 130 valence electrons. The first-order valence-electron chi connectivity index (χ1n) is 8.01. The summed E-state index contributed by atoms with van der Waals surface area (Å²) in [5.41, 5.74) is 1.49. The van der Waals surface area contributed by atoms with Gasteiger partial charge >= 0.3 is 0 Å². The third-order valence-electron chi connectivity index (χ3n) is 4.14. The van der Waals surface area contributed by atoms with Crippen molar-refractivity contribution in [2.45, 2.75) is 19.8 Å². The van der Waals surface area contributed by atoms with Crippen molar-refractivity contribution in [2.75, 3.05) is 27.3 Å². The highest BCUT2D eigenvalue weighted by atomic mass is 16.5. The molecule has 1 saturated heterocycles. The molecule has 0 saturated carbocycles. The van der Waals surface area contributed by atoms with Crippen LogP contribution in [0.15, 0.2) is 24.3 Å². The predicted octanol–water partition coefficient (Wildman–Crippen LogP) is 1.75. The molecular weight excluding hydrogens is 308 g/mol. The Kier molecular flexibility index (Phi) is 6.37. The van der Waals surface area contributed by atoms with Crippen molar-refractivity contribution in [3.63, 3.8) is 0 Å². The summed E-state index contributed by atoms with van der Waals surface area (Å²) in [5, 5.41) is 5.66. The third-order valence-corrected chi connectivity index (χ3v) is 4.14. The number of carbonyl (C=O) groups is 2. The van der Waals surface area contributed by atoms with Crippen LogP contribution < -0.4 is 20.1 Å². The van der Waals surface area contributed by atoms with E-state index in [1.54, 1.807) is 33.3 Å². The van der Waals surface area contributed by atoms with Gasteiger partial charge < -0.3 is 14.8 Å². The normalized spacial score (nSPS) is 15.7. The van der Waals surface area contributed by atoms with Crippen LogP contribution in [0.5, 0.6) is 11.5 Å². The predicted molar refractivity (Wildman–Crippen MR) is 91.9 cm³/mol. The molecular formula is C18H24N2O4. The SMILES string of the molecule is COc1ccc(/C(C)=C/C(=O)NC(=O)C2CCNCC2)c(OC)c1. The number of rotatable bonds is 5. The molecule has 0 aliphatic carbocycles. The Morgan fingerprint density at radius 2 is 1.92 bits per heavy atom. The van der Waals surface area contributed by atoms with Crippen LogP contribution in [0, 0.1) is 5.92 Å². The van der Waals surface area contributed by atoms with Gasteiger partial charge in [-0.25, -0.2) is 0 Å². The summed E-state index contributed by atoms with van der Waals surface area (Å²) in [7, 11) is 3.14. The maximum Gasteiger partial charge on any atom is 0.250 e. The minimum atomic E-state index is -0.408. The molecule has 1 aromatic rings. The van der Waals surface area contributed by atoms with E-state index in [1.165, 1.54) is 6.08 Å². The number of piperidine rings is 1. The van der Waals surface area contributed by atoms with Crippen LogP contribution >= 0.6 is 0 Å². The van der Waals surface area contributed by atoms with Crippen LogP contribution in [0.1, 0.15) is 25.3 Å². The standard InChI is InChI=1S/C18H24N2O4/c1-12(15-5-4-14(23-2)11-16(15)24-3)10-17(21)20-18(22)13-6-8-19-9-7-13/h4-5,10-11,13,19H,6-9H2,1-3H3,(H,20,21,22)/b12-10+. The van der Waals surface area contributed by atoms with Gasteiger partial charge in [-0.15, -0.1) is 0 Å². The molecule has 1 heterocycles. The van der Waals surface area contributed by atoms with Crippen LogP contribution in [0.4, 0.5) is 0 Å². The highest BCUT2D eigenvalue weighted by molar-refractivity contribution is 6.05. The van der Waals surface area contributed by atoms with E-state index in [0.717, 1.165) is 31.5 Å². The summed E-state index contributed by atoms with van der Waals surface area (Å²) in [6.07, 6.45) is 2.94. The number of ether oxygens (including phenoxy) is 2. The van der Waals surface area contributed by atoms with Gasteiger partial charge in [0.05, 0.1) is 14.2 Å². The molecule has 0 bridgehead atoms. The first-order valence-corrected chi connectivity index (χ1v) is 8.01. The van der Waals surface area contributed by atoms with Gasteiger partial charge in [-0.2, -0.15) is 0 Å². The molecule has 1 fully saturated rings. The molecule has 0 radical (unpaired) electrons. The Labute approximate surface area is 142 Å². The lowest BCUT2D eigenvalue weighted by Gasteiger charge is -2.21. The zero-order valence-corrected chi connectivity index (χ0v) is 14.3. The van der Waals surface area contributed by atoms with E-state index >= 15 is 0 Å². The van der Waals surface area contributed by atoms with Gasteiger partial charge in [-0.1, -0.05) is 0 Å². The number of methoxy groups -OCH3 is 2. The van der Waals surface area contributed by atoms with Gasteiger partial charge in [0.15, 0.2) is 0 Å². The summed E-state index contributed by atoms with van der Waals surface area (Å²) in [4.78, 5) is 24.2. The summed E-state index contributed by atoms with van der Waals surface area (Å²) >= 11 is 0. The summed E-state index contributed by atoms with van der Waals surface area (Å²) in [5.74, 6) is 0.579. The molecule has 0 atom stereocenters. The maximum atomic E-state index is 12.1. The van der Waals surface area contributed by atoms with E-state index in [-0.39, 0.29) is 11.8 Å². The molecule has 6 nitrogen and oxygen atoms in total. The van der Waals surface area contributed by atoms with E-state index in [0.29, 0.717) is 17.1 Å². The highest BCUT2D eigenvalue weighted by Gasteiger charge is 2.22. The summed E-state index contributed by atoms with van der Waals surface area (Å²) < 4.78 is 10.5. The second-order valence-electron chi connectivity index (χ2n) is 5.77. The van der Waals surface area contributed by atoms with E-state index in [4.69, 9.17) is 9.47 Å². The number of hydrogen-bond acceptors (Lipinski definition) is 5. The molecule has 0 unspecified atom stereocenters. The molecule has 1 aromatic carbocycles. The minimum Gasteiger partial charge on any atom is -0.497 e. The Morgan fingerprint density at radius 3 is 2.54 bits per heavy atom. The van der Waals surface area contributed by atoms with Crippen LogP contribution in [0.3, 0.4) is 0 Å². The van der Waals surface area contributed by atoms with Gasteiger partial charge in [0.2, 0.25) is 5.91 Å². The summed E-state index contributed by atoms with van der Waals surface area (Å²) in [6, 6.07) is 5.38. The van der Waals surface area contributed by atoms with Gasteiger partial charge in [-0.05, 0) is 50.6 Å². The van der Waals surface area contributed by atoms with Crippen molar-refractivity contribution in [1.29, 1.82) is 0 Å². The van der Waals surface area contributed by atoms with Crippen molar-refractivity contribution < 1.29 is 19.1 Å². The Morgan fingerprint density at radius 1 is 1.21 bits per heavy atom. The minimum absolute atomic E-state index is 0.0978. The quantitative estimate of drug-likeness (QED) is 0.804. The average Bonchev–Trinajstić information content (AvgIpc) is 2.61. The molecule has 2 amide bonds. The van der Waals surface area contributed by atoms with Crippen molar-refractivity contribution in [2.24, 2.45) is 5.92 Å². The Balaban J connectivity index is 2.06. The molecule has 2 N–H and O–H groups in total. The number of hydrogen-bond donors (Lipinski definition) is 2. The zero-order valence-electron chi connectivity index (χ0n) is 14.3. The second-order valence-corrected chi connectivity index (χ2v) is 5.77. The lowest BCUT2D eigenvalue weighted by molar-refractivity contribution is -0.131. The number of benzene rings is 1. The van der Waals surface area contributed by atoms with Gasteiger partial charge in [0.25, 0.3) is 5.91 Å². The fourth-order valence-electron chi connectivity index (χ4n) is 2.74. The van der Waals surface area contributed by atoms with Crippen molar-refractivity contribution in [3.8, 4) is 11.5 Å². The van der Waals surface area contributed by atoms with Crippen molar-refractivity contribution >= 4 is 17.4 Å². The topological polar surface area (TPSA) is 76.7 Å². The van der Waals surface area contributed by atoms with E-state index in [1.807, 2.05) is 6.07 Å². The monoisotopic (exact) mass is 332 g/mol. The van der Waals surface area contributed by atoms with Crippen LogP contribution in [-0.2, 0) is 9.59 Å². The smallest absolute Gasteiger partial charge is 0.250 e. The van der Waals surface area contributed by atoms with Crippen LogP contribution in [0.2, 0.25) is 0 Å². The van der Waals surface area contributed by atoms with Gasteiger partial charge in [-0.3, -0.25) is 14.9 Å². The maximum absolute atomic E-state index is 12.1. The lowest BCUT2D eigenvalue weighted by Crippen LogP contribution is -2.40. The largest absolute Gasteiger partial charge is 0.497 e. The zero-order chi connectivity index (χ0) is 17.5. The molecule has 1 aliphatic heterocycles. The van der Waals surface area contributed by atoms with Crippen molar-refractivity contribution in [1.82, 2.24) is 10.6 Å². The lowest BCUT2D eigenvalue weighted by atomic mass is 9.97. The highest BCUT2D eigenvalue weighted by Crippen LogP contribution is 2.29. The molecule has 1 aliphatic rings. The van der Waals surface area contributed by atoms with Gasteiger partial charge in [0.1, 0.15) is 11.5 Å². The Hall–Kier alpha value is -2.34. The summed E-state index contributed by atoms with van der Waals surface area (Å²) in [6.45, 7) is 3.42. The van der Waals surface area contributed by atoms with E-state index in [2.05, 4.69) is 10.6 Å². The number of allylic oxidation sites excluding steroid dienone is 1. The van der Waals surface area contributed by atoms with E-state index < -0.39 is 5.91 Å². The fraction of sp³-hybridized carbons (Fsp3) is 0.444. The molecule has 6 heteroatoms. The Bertz CT molecular complexity index is 634. The number of carbonyl (C=O) groups excluding carboxylic acids is 2. The molecule has 24 heavy (non-hydrogen) atoms. The second kappa shape index (κ2) is 8.49. The van der Waals surface area contributed by atoms with E-state index in [9.17, 15) is 9.59 Å².